The Morgan fingerprint density at radius 3 is 1.68 bits per heavy atom. The SMILES string of the molecule is CC(C)(C)[Si](C)(C)O[C@@H](COCc1ccccc1)[C@H](F)/C=C\CO[Si](c1ccccc1)(c1ccccc1)C(C)(C)C. The van der Waals surface area contributed by atoms with E-state index in [9.17, 15) is 0 Å². The van der Waals surface area contributed by atoms with Gasteiger partial charge < -0.3 is 13.6 Å². The molecule has 0 saturated heterocycles. The van der Waals surface area contributed by atoms with Gasteiger partial charge in [0.25, 0.3) is 8.32 Å². The maximum Gasteiger partial charge on any atom is 0.261 e. The van der Waals surface area contributed by atoms with E-state index in [4.69, 9.17) is 13.6 Å². The summed E-state index contributed by atoms with van der Waals surface area (Å²) in [5.41, 5.74) is 1.06. The first-order valence-electron chi connectivity index (χ1n) is 14.6. The lowest BCUT2D eigenvalue weighted by atomic mass is 10.2. The molecule has 0 aromatic heterocycles. The first-order chi connectivity index (χ1) is 19.3. The van der Waals surface area contributed by atoms with E-state index >= 15 is 4.39 Å². The average Bonchev–Trinajstić information content (AvgIpc) is 2.92. The molecule has 3 aromatic rings. The monoisotopic (exact) mass is 592 g/mol. The highest BCUT2D eigenvalue weighted by Crippen LogP contribution is 2.38. The predicted octanol–water partition coefficient (Wildman–Crippen LogP) is 8.06. The van der Waals surface area contributed by atoms with Crippen LogP contribution in [0.15, 0.2) is 103 Å². The van der Waals surface area contributed by atoms with Gasteiger partial charge in [0, 0.05) is 0 Å². The minimum Gasteiger partial charge on any atom is -0.408 e. The van der Waals surface area contributed by atoms with Crippen molar-refractivity contribution in [2.75, 3.05) is 13.2 Å². The van der Waals surface area contributed by atoms with Gasteiger partial charge in [0.2, 0.25) is 0 Å². The van der Waals surface area contributed by atoms with Gasteiger partial charge in [0.15, 0.2) is 8.32 Å². The molecule has 0 spiro atoms. The fraction of sp³-hybridized carbons (Fsp3) is 0.429. The molecule has 0 saturated carbocycles. The summed E-state index contributed by atoms with van der Waals surface area (Å²) >= 11 is 0. The Morgan fingerprint density at radius 1 is 0.732 bits per heavy atom. The third kappa shape index (κ3) is 8.58. The van der Waals surface area contributed by atoms with Crippen molar-refractivity contribution >= 4 is 27.0 Å². The van der Waals surface area contributed by atoms with Gasteiger partial charge in [-0.1, -0.05) is 139 Å². The molecule has 0 N–H and O–H groups in total. The average molecular weight is 593 g/mol. The Morgan fingerprint density at radius 2 is 1.22 bits per heavy atom. The zero-order valence-corrected chi connectivity index (χ0v) is 28.2. The van der Waals surface area contributed by atoms with Crippen LogP contribution in [0.1, 0.15) is 47.1 Å². The van der Waals surface area contributed by atoms with Crippen molar-refractivity contribution in [3.63, 3.8) is 0 Å². The number of hydrogen-bond donors (Lipinski definition) is 0. The summed E-state index contributed by atoms with van der Waals surface area (Å²) in [4.78, 5) is 0. The Balaban J connectivity index is 1.81. The second kappa shape index (κ2) is 14.2. The third-order valence-electron chi connectivity index (χ3n) is 8.13. The summed E-state index contributed by atoms with van der Waals surface area (Å²) in [6, 6.07) is 31.0. The maximum absolute atomic E-state index is 15.9. The molecule has 0 heterocycles. The maximum atomic E-state index is 15.9. The van der Waals surface area contributed by atoms with Crippen LogP contribution in [0, 0.1) is 0 Å². The highest BCUT2D eigenvalue weighted by Gasteiger charge is 2.50. The van der Waals surface area contributed by atoms with Crippen molar-refractivity contribution in [1.29, 1.82) is 0 Å². The van der Waals surface area contributed by atoms with Crippen molar-refractivity contribution in [2.45, 2.75) is 83.6 Å². The van der Waals surface area contributed by atoms with Gasteiger partial charge in [-0.3, -0.25) is 0 Å². The van der Waals surface area contributed by atoms with E-state index in [1.165, 1.54) is 10.4 Å². The van der Waals surface area contributed by atoms with Gasteiger partial charge in [-0.2, -0.15) is 0 Å². The van der Waals surface area contributed by atoms with E-state index in [0.29, 0.717) is 13.2 Å². The van der Waals surface area contributed by atoms with Gasteiger partial charge >= 0.3 is 0 Å². The van der Waals surface area contributed by atoms with E-state index in [1.54, 1.807) is 6.08 Å². The van der Waals surface area contributed by atoms with Gasteiger partial charge in [-0.05, 0) is 45.2 Å². The van der Waals surface area contributed by atoms with E-state index in [0.717, 1.165) is 5.56 Å². The van der Waals surface area contributed by atoms with Crippen molar-refractivity contribution in [1.82, 2.24) is 0 Å². The molecule has 0 aliphatic rings. The van der Waals surface area contributed by atoms with E-state index in [2.05, 4.69) is 103 Å². The second-order valence-electron chi connectivity index (χ2n) is 13.3. The number of ether oxygens (including phenoxy) is 1. The first-order valence-corrected chi connectivity index (χ1v) is 19.4. The van der Waals surface area contributed by atoms with Gasteiger partial charge in [0.1, 0.15) is 12.3 Å². The van der Waals surface area contributed by atoms with Crippen LogP contribution in [0.25, 0.3) is 0 Å². The van der Waals surface area contributed by atoms with Crippen molar-refractivity contribution < 1.29 is 18.0 Å². The molecule has 6 heteroatoms. The molecule has 0 unspecified atom stereocenters. The molecule has 0 amide bonds. The Hall–Kier alpha value is -2.36. The molecule has 3 aromatic carbocycles. The van der Waals surface area contributed by atoms with E-state index < -0.39 is 28.9 Å². The lowest BCUT2D eigenvalue weighted by Gasteiger charge is -2.42. The largest absolute Gasteiger partial charge is 0.408 e. The predicted molar refractivity (Wildman–Crippen MR) is 176 cm³/mol. The van der Waals surface area contributed by atoms with Crippen LogP contribution < -0.4 is 10.4 Å². The third-order valence-corrected chi connectivity index (χ3v) is 17.6. The number of halogens is 1. The van der Waals surface area contributed by atoms with Gasteiger partial charge in [-0.25, -0.2) is 4.39 Å². The van der Waals surface area contributed by atoms with Crippen LogP contribution in [0.4, 0.5) is 4.39 Å². The van der Waals surface area contributed by atoms with Crippen LogP contribution in [-0.2, 0) is 20.2 Å². The second-order valence-corrected chi connectivity index (χ2v) is 22.3. The van der Waals surface area contributed by atoms with Crippen molar-refractivity contribution in [3.8, 4) is 0 Å². The van der Waals surface area contributed by atoms with Crippen LogP contribution in [-0.4, -0.2) is 42.1 Å². The summed E-state index contributed by atoms with van der Waals surface area (Å²) in [6.07, 6.45) is 1.41. The van der Waals surface area contributed by atoms with Gasteiger partial charge in [-0.15, -0.1) is 0 Å². The topological polar surface area (TPSA) is 27.7 Å². The number of alkyl halides is 1. The number of benzene rings is 3. The molecule has 0 fully saturated rings. The molecule has 222 valence electrons. The lowest BCUT2D eigenvalue weighted by Crippen LogP contribution is -2.66. The number of hydrogen-bond acceptors (Lipinski definition) is 3. The van der Waals surface area contributed by atoms with Gasteiger partial charge in [0.05, 0.1) is 19.8 Å². The van der Waals surface area contributed by atoms with Crippen molar-refractivity contribution in [3.05, 3.63) is 109 Å². The van der Waals surface area contributed by atoms with E-state index in [1.807, 2.05) is 48.5 Å². The Kier molecular flexibility index (Phi) is 11.5. The van der Waals surface area contributed by atoms with Crippen LogP contribution in [0.2, 0.25) is 23.2 Å². The molecule has 2 atom stereocenters. The summed E-state index contributed by atoms with van der Waals surface area (Å²) in [7, 11) is -4.92. The molecule has 0 radical (unpaired) electrons. The molecule has 3 nitrogen and oxygen atoms in total. The minimum absolute atomic E-state index is 0.0412. The molecule has 41 heavy (non-hydrogen) atoms. The fourth-order valence-electron chi connectivity index (χ4n) is 4.86. The zero-order valence-electron chi connectivity index (χ0n) is 26.2. The quantitative estimate of drug-likeness (QED) is 0.148. The minimum atomic E-state index is -2.69. The van der Waals surface area contributed by atoms with Crippen LogP contribution in [0.3, 0.4) is 0 Å². The molecule has 0 aliphatic heterocycles. The van der Waals surface area contributed by atoms with Crippen LogP contribution in [0.5, 0.6) is 0 Å². The molecule has 0 bridgehead atoms. The molecule has 3 rings (SSSR count). The highest BCUT2D eigenvalue weighted by atomic mass is 28.4. The summed E-state index contributed by atoms with van der Waals surface area (Å²) in [5.74, 6) is 0. The molecular formula is C35H49FO3Si2. The highest BCUT2D eigenvalue weighted by molar-refractivity contribution is 6.99. The molecule has 0 aliphatic carbocycles. The summed E-state index contributed by atoms with van der Waals surface area (Å²) in [6.45, 7) is 18.5. The standard InChI is InChI=1S/C35H49FO3Si2/c1-34(2,3)40(7,8)39-33(28-37-27-29-19-12-9-13-20-29)32(36)25-18-26-38-41(35(4,5)6,30-21-14-10-15-22-30)31-23-16-11-17-24-31/h9-25,32-33H,26-28H2,1-8H3/b25-18-/t32-,33+/m1/s1. The number of rotatable bonds is 13. The Labute approximate surface area is 250 Å². The van der Waals surface area contributed by atoms with Crippen LogP contribution >= 0.6 is 0 Å². The fourth-order valence-corrected chi connectivity index (χ4v) is 10.7. The molecular weight excluding hydrogens is 544 g/mol. The van der Waals surface area contributed by atoms with E-state index in [-0.39, 0.29) is 16.7 Å². The Bertz CT molecular complexity index is 1160. The van der Waals surface area contributed by atoms with Crippen molar-refractivity contribution in [2.24, 2.45) is 0 Å². The summed E-state index contributed by atoms with van der Waals surface area (Å²) in [5, 5.41) is 2.23. The smallest absolute Gasteiger partial charge is 0.261 e. The first kappa shape index (κ1) is 33.1. The normalized spacial score (nSPS) is 14.8. The lowest BCUT2D eigenvalue weighted by molar-refractivity contribution is 0.00617. The summed E-state index contributed by atoms with van der Waals surface area (Å²) < 4.78 is 35.3. The zero-order chi connectivity index (χ0) is 30.2.